The number of rotatable bonds is 6. The van der Waals surface area contributed by atoms with E-state index < -0.39 is 18.0 Å². The van der Waals surface area contributed by atoms with Gasteiger partial charge in [-0.2, -0.15) is 0 Å². The van der Waals surface area contributed by atoms with E-state index in [0.29, 0.717) is 11.4 Å². The van der Waals surface area contributed by atoms with Gasteiger partial charge in [0.05, 0.1) is 5.69 Å². The zero-order chi connectivity index (χ0) is 19.8. The van der Waals surface area contributed by atoms with Crippen LogP contribution < -0.4 is 5.32 Å². The maximum atomic E-state index is 12.5. The average molecular weight is 372 g/mol. The van der Waals surface area contributed by atoms with Gasteiger partial charge in [0.2, 0.25) is 0 Å². The minimum absolute atomic E-state index is 0.400. The number of benzene rings is 2. The van der Waals surface area contributed by atoms with Gasteiger partial charge in [0.15, 0.2) is 6.10 Å². The lowest BCUT2D eigenvalue weighted by Gasteiger charge is -2.15. The van der Waals surface area contributed by atoms with Gasteiger partial charge in [0, 0.05) is 23.5 Å². The smallest absolute Gasteiger partial charge is 0.331 e. The van der Waals surface area contributed by atoms with E-state index in [1.54, 1.807) is 18.3 Å². The van der Waals surface area contributed by atoms with Gasteiger partial charge in [-0.1, -0.05) is 54.6 Å². The molecule has 0 aliphatic heterocycles. The Labute approximate surface area is 163 Å². The van der Waals surface area contributed by atoms with E-state index in [-0.39, 0.29) is 0 Å². The van der Waals surface area contributed by atoms with Crippen molar-refractivity contribution in [3.8, 4) is 11.1 Å². The molecule has 3 rings (SSSR count). The second-order valence-corrected chi connectivity index (χ2v) is 6.07. The molecule has 1 amide bonds. The molecule has 0 saturated carbocycles. The largest absolute Gasteiger partial charge is 0.449 e. The van der Waals surface area contributed by atoms with Gasteiger partial charge in [-0.05, 0) is 36.8 Å². The number of carbonyl (C=O) groups is 2. The lowest BCUT2D eigenvalue weighted by atomic mass is 10.0. The number of carbonyl (C=O) groups excluding carboxylic acids is 2. The average Bonchev–Trinajstić information content (AvgIpc) is 2.74. The number of esters is 1. The van der Waals surface area contributed by atoms with E-state index in [0.717, 1.165) is 11.1 Å². The summed E-state index contributed by atoms with van der Waals surface area (Å²) in [5.41, 5.74) is 3.17. The molecule has 0 aliphatic carbocycles. The van der Waals surface area contributed by atoms with Gasteiger partial charge < -0.3 is 10.1 Å². The summed E-state index contributed by atoms with van der Waals surface area (Å²) >= 11 is 0. The first-order valence-electron chi connectivity index (χ1n) is 8.88. The molecular formula is C23H20N2O3. The predicted molar refractivity (Wildman–Crippen MR) is 109 cm³/mol. The van der Waals surface area contributed by atoms with Crippen LogP contribution in [-0.4, -0.2) is 23.0 Å². The molecule has 5 heteroatoms. The van der Waals surface area contributed by atoms with Gasteiger partial charge in [-0.3, -0.25) is 9.78 Å². The van der Waals surface area contributed by atoms with Crippen molar-refractivity contribution in [3.05, 3.63) is 90.8 Å². The highest BCUT2D eigenvalue weighted by molar-refractivity contribution is 5.99. The summed E-state index contributed by atoms with van der Waals surface area (Å²) in [4.78, 5) is 28.5. The van der Waals surface area contributed by atoms with Crippen molar-refractivity contribution in [2.75, 3.05) is 5.32 Å². The highest BCUT2D eigenvalue weighted by atomic mass is 16.5. The van der Waals surface area contributed by atoms with Crippen LogP contribution in [0.5, 0.6) is 0 Å². The molecule has 0 radical (unpaired) electrons. The first kappa shape index (κ1) is 19.0. The summed E-state index contributed by atoms with van der Waals surface area (Å²) in [5, 5.41) is 2.84. The Morgan fingerprint density at radius 2 is 1.68 bits per heavy atom. The van der Waals surface area contributed by atoms with Crippen LogP contribution in [0, 0.1) is 0 Å². The van der Waals surface area contributed by atoms with Gasteiger partial charge in [-0.15, -0.1) is 0 Å². The first-order chi connectivity index (χ1) is 13.6. The Bertz CT molecular complexity index is 969. The molecule has 1 N–H and O–H groups in total. The van der Waals surface area contributed by atoms with E-state index in [2.05, 4.69) is 10.3 Å². The van der Waals surface area contributed by atoms with E-state index in [4.69, 9.17) is 4.74 Å². The number of nitrogens with one attached hydrogen (secondary N) is 1. The molecule has 140 valence electrons. The molecular weight excluding hydrogens is 352 g/mol. The fourth-order valence-corrected chi connectivity index (χ4v) is 2.59. The molecule has 0 saturated heterocycles. The topological polar surface area (TPSA) is 68.3 Å². The van der Waals surface area contributed by atoms with Crippen LogP contribution in [0.15, 0.2) is 85.1 Å². The summed E-state index contributed by atoms with van der Waals surface area (Å²) in [6.45, 7) is 1.53. The number of amides is 1. The van der Waals surface area contributed by atoms with Gasteiger partial charge >= 0.3 is 5.97 Å². The van der Waals surface area contributed by atoms with Crippen molar-refractivity contribution < 1.29 is 14.3 Å². The highest BCUT2D eigenvalue weighted by Crippen LogP contribution is 2.27. The Balaban J connectivity index is 1.63. The molecule has 0 bridgehead atoms. The predicted octanol–water partition coefficient (Wildman–Crippen LogP) is 4.33. The Morgan fingerprint density at radius 3 is 2.43 bits per heavy atom. The SMILES string of the molecule is CC(OC(=O)C=Cc1ccccn1)C(=O)Nc1ccccc1-c1ccccc1. The molecule has 1 heterocycles. The first-order valence-corrected chi connectivity index (χ1v) is 8.88. The van der Waals surface area contributed by atoms with Crippen LogP contribution in [0.1, 0.15) is 12.6 Å². The lowest BCUT2D eigenvalue weighted by molar-refractivity contribution is -0.148. The molecule has 0 spiro atoms. The minimum atomic E-state index is -0.940. The number of pyridine rings is 1. The lowest BCUT2D eigenvalue weighted by Crippen LogP contribution is -2.29. The van der Waals surface area contributed by atoms with Crippen LogP contribution in [-0.2, 0) is 14.3 Å². The summed E-state index contributed by atoms with van der Waals surface area (Å²) < 4.78 is 5.19. The van der Waals surface area contributed by atoms with E-state index >= 15 is 0 Å². The molecule has 28 heavy (non-hydrogen) atoms. The summed E-state index contributed by atoms with van der Waals surface area (Å²) in [6, 6.07) is 22.6. The second kappa shape index (κ2) is 9.28. The van der Waals surface area contributed by atoms with Crippen LogP contribution in [0.2, 0.25) is 0 Å². The summed E-state index contributed by atoms with van der Waals surface area (Å²) in [5.74, 6) is -1.01. The third-order valence-corrected chi connectivity index (χ3v) is 4.01. The molecule has 1 unspecified atom stereocenters. The van der Waals surface area contributed by atoms with Gasteiger partial charge in [0.25, 0.3) is 5.91 Å². The van der Waals surface area contributed by atoms with Crippen molar-refractivity contribution in [1.29, 1.82) is 0 Å². The molecule has 5 nitrogen and oxygen atoms in total. The van der Waals surface area contributed by atoms with Crippen molar-refractivity contribution in [3.63, 3.8) is 0 Å². The molecule has 0 aliphatic rings. The number of nitrogens with zero attached hydrogens (tertiary/aromatic N) is 1. The third-order valence-electron chi connectivity index (χ3n) is 4.01. The van der Waals surface area contributed by atoms with Gasteiger partial charge in [0.1, 0.15) is 0 Å². The highest BCUT2D eigenvalue weighted by Gasteiger charge is 2.18. The number of ether oxygens (including phenoxy) is 1. The monoisotopic (exact) mass is 372 g/mol. The standard InChI is InChI=1S/C23H20N2O3/c1-17(28-22(26)15-14-19-11-7-8-16-24-19)23(27)25-21-13-6-5-12-20(21)18-9-3-2-4-10-18/h2-17H,1H3,(H,25,27). The maximum Gasteiger partial charge on any atom is 0.331 e. The van der Waals surface area contributed by atoms with E-state index in [9.17, 15) is 9.59 Å². The number of para-hydroxylation sites is 1. The quantitative estimate of drug-likeness (QED) is 0.516. The zero-order valence-corrected chi connectivity index (χ0v) is 15.4. The Morgan fingerprint density at radius 1 is 0.964 bits per heavy atom. The number of anilines is 1. The van der Waals surface area contributed by atoms with Crippen LogP contribution in [0.4, 0.5) is 5.69 Å². The third kappa shape index (κ3) is 5.14. The molecule has 0 fully saturated rings. The van der Waals surface area contributed by atoms with Crippen molar-refractivity contribution in [2.45, 2.75) is 13.0 Å². The number of hydrogen-bond donors (Lipinski definition) is 1. The van der Waals surface area contributed by atoms with Crippen LogP contribution in [0.25, 0.3) is 17.2 Å². The Hall–Kier alpha value is -3.73. The minimum Gasteiger partial charge on any atom is -0.449 e. The zero-order valence-electron chi connectivity index (χ0n) is 15.4. The molecule has 1 atom stereocenters. The maximum absolute atomic E-state index is 12.5. The molecule has 3 aromatic rings. The van der Waals surface area contributed by atoms with E-state index in [1.165, 1.54) is 19.1 Å². The fourth-order valence-electron chi connectivity index (χ4n) is 2.59. The molecule has 1 aromatic heterocycles. The molecule has 2 aromatic carbocycles. The van der Waals surface area contributed by atoms with Crippen LogP contribution >= 0.6 is 0 Å². The fraction of sp³-hybridized carbons (Fsp3) is 0.0870. The second-order valence-electron chi connectivity index (χ2n) is 6.07. The summed E-state index contributed by atoms with van der Waals surface area (Å²) in [6.07, 6.45) is 3.48. The van der Waals surface area contributed by atoms with Crippen molar-refractivity contribution >= 4 is 23.6 Å². The number of aromatic nitrogens is 1. The van der Waals surface area contributed by atoms with E-state index in [1.807, 2.05) is 60.7 Å². The normalized spacial score (nSPS) is 11.8. The number of hydrogen-bond acceptors (Lipinski definition) is 4. The van der Waals surface area contributed by atoms with Gasteiger partial charge in [-0.25, -0.2) is 4.79 Å². The van der Waals surface area contributed by atoms with Crippen LogP contribution in [0.3, 0.4) is 0 Å². The van der Waals surface area contributed by atoms with Crippen molar-refractivity contribution in [2.24, 2.45) is 0 Å². The van der Waals surface area contributed by atoms with Crippen molar-refractivity contribution in [1.82, 2.24) is 4.98 Å². The Kier molecular flexibility index (Phi) is 6.31. The summed E-state index contributed by atoms with van der Waals surface area (Å²) in [7, 11) is 0.